The highest BCUT2D eigenvalue weighted by Crippen LogP contribution is 2.46. The molecule has 0 unspecified atom stereocenters. The largest absolute Gasteiger partial charge is 0.504 e. The Kier molecular flexibility index (Phi) is 5.03. The van der Waals surface area contributed by atoms with Crippen LogP contribution in [-0.2, 0) is 11.2 Å². The van der Waals surface area contributed by atoms with Crippen molar-refractivity contribution in [2.45, 2.75) is 62.9 Å². The number of aliphatic hydroxyl groups excluding tert-OH is 1. The number of hydrogen-bond acceptors (Lipinski definition) is 6. The number of aromatic hydroxyl groups is 2. The van der Waals surface area contributed by atoms with Crippen LogP contribution in [-0.4, -0.2) is 39.5 Å². The number of carbonyl (C=O) groups is 1. The maximum atomic E-state index is 12.4. The van der Waals surface area contributed by atoms with Gasteiger partial charge in [-0.2, -0.15) is 13.2 Å². The molecule has 0 radical (unpaired) electrons. The second-order valence-electron chi connectivity index (χ2n) is 6.77. The quantitative estimate of drug-likeness (QED) is 0.368. The van der Waals surface area contributed by atoms with Gasteiger partial charge in [0.1, 0.15) is 0 Å². The summed E-state index contributed by atoms with van der Waals surface area (Å²) in [5.74, 6) is -4.97. The van der Waals surface area contributed by atoms with E-state index in [9.17, 15) is 33.3 Å². The van der Waals surface area contributed by atoms with Crippen LogP contribution < -0.4 is 10.1 Å². The van der Waals surface area contributed by atoms with Crippen molar-refractivity contribution in [3.05, 3.63) is 17.2 Å². The van der Waals surface area contributed by atoms with Gasteiger partial charge in [-0.05, 0) is 37.3 Å². The number of hydrogen-bond donors (Lipinski definition) is 4. The average molecular weight is 375 g/mol. The number of ether oxygens (including phenoxy) is 1. The first-order chi connectivity index (χ1) is 12.2. The molecular weight excluding hydrogens is 355 g/mol. The van der Waals surface area contributed by atoms with Gasteiger partial charge in [0.2, 0.25) is 5.75 Å². The highest BCUT2D eigenvalue weighted by Gasteiger charge is 2.42. The maximum Gasteiger partial charge on any atom is 0.491 e. The number of nitrogens with one attached hydrogen (secondary N) is 1. The summed E-state index contributed by atoms with van der Waals surface area (Å²) in [4.78, 5) is 11.0. The van der Waals surface area contributed by atoms with Crippen molar-refractivity contribution in [1.82, 2.24) is 5.32 Å². The lowest BCUT2D eigenvalue weighted by molar-refractivity contribution is -0.189. The number of phenols is 2. The van der Waals surface area contributed by atoms with Crippen molar-refractivity contribution in [3.63, 3.8) is 0 Å². The first-order valence-corrected chi connectivity index (χ1v) is 8.49. The zero-order valence-corrected chi connectivity index (χ0v) is 13.8. The topological polar surface area (TPSA) is 99.0 Å². The van der Waals surface area contributed by atoms with Crippen LogP contribution in [0.5, 0.6) is 17.2 Å². The number of esters is 1. The molecule has 2 aliphatic rings. The lowest BCUT2D eigenvalue weighted by Gasteiger charge is -2.33. The minimum absolute atomic E-state index is 0.145. The molecule has 1 saturated carbocycles. The maximum absolute atomic E-state index is 12.4. The Hall–Kier alpha value is -2.00. The Labute approximate surface area is 147 Å². The molecule has 0 aliphatic heterocycles. The van der Waals surface area contributed by atoms with Crippen LogP contribution >= 0.6 is 0 Å². The van der Waals surface area contributed by atoms with Crippen LogP contribution in [0, 0.1) is 0 Å². The number of rotatable bonds is 3. The van der Waals surface area contributed by atoms with Gasteiger partial charge >= 0.3 is 12.1 Å². The lowest BCUT2D eigenvalue weighted by atomic mass is 9.84. The minimum atomic E-state index is -5.25. The highest BCUT2D eigenvalue weighted by molar-refractivity contribution is 5.79. The van der Waals surface area contributed by atoms with Gasteiger partial charge in [-0.3, -0.25) is 0 Å². The molecule has 4 N–H and O–H groups in total. The van der Waals surface area contributed by atoms with Crippen molar-refractivity contribution < 1.29 is 38.0 Å². The first-order valence-electron chi connectivity index (χ1n) is 8.49. The van der Waals surface area contributed by atoms with Gasteiger partial charge in [0, 0.05) is 17.6 Å². The van der Waals surface area contributed by atoms with E-state index in [1.807, 2.05) is 0 Å². The van der Waals surface area contributed by atoms with E-state index in [4.69, 9.17) is 0 Å². The molecule has 2 aliphatic carbocycles. The molecule has 26 heavy (non-hydrogen) atoms. The van der Waals surface area contributed by atoms with E-state index in [0.29, 0.717) is 12.8 Å². The van der Waals surface area contributed by atoms with E-state index in [0.717, 1.165) is 31.7 Å². The Morgan fingerprint density at radius 2 is 1.81 bits per heavy atom. The van der Waals surface area contributed by atoms with Crippen LogP contribution in [0.25, 0.3) is 0 Å². The number of phenolic OH excluding ortho intramolecular Hbond substituents is 2. The number of benzene rings is 1. The van der Waals surface area contributed by atoms with E-state index in [1.54, 1.807) is 0 Å². The molecule has 144 valence electrons. The van der Waals surface area contributed by atoms with Gasteiger partial charge in [0.25, 0.3) is 0 Å². The average Bonchev–Trinajstić information content (AvgIpc) is 3.07. The summed E-state index contributed by atoms with van der Waals surface area (Å²) in [6.45, 7) is 0. The molecule has 9 heteroatoms. The van der Waals surface area contributed by atoms with Crippen molar-refractivity contribution in [2.24, 2.45) is 0 Å². The van der Waals surface area contributed by atoms with Crippen molar-refractivity contribution in [1.29, 1.82) is 0 Å². The summed E-state index contributed by atoms with van der Waals surface area (Å²) in [5, 5.41) is 33.9. The minimum Gasteiger partial charge on any atom is -0.504 e. The summed E-state index contributed by atoms with van der Waals surface area (Å²) >= 11 is 0. The van der Waals surface area contributed by atoms with Gasteiger partial charge in [0.05, 0.1) is 6.10 Å². The SMILES string of the molecule is O=C(Oc1cc2c(c(O)c1O)CC[C@@H](NC1CCCC1)[C@@H]2O)C(F)(F)F. The summed E-state index contributed by atoms with van der Waals surface area (Å²) in [6.07, 6.45) is -1.34. The number of carbonyl (C=O) groups excluding carboxylic acids is 1. The fourth-order valence-electron chi connectivity index (χ4n) is 3.70. The van der Waals surface area contributed by atoms with Gasteiger partial charge in [-0.25, -0.2) is 4.79 Å². The van der Waals surface area contributed by atoms with Crippen LogP contribution in [0.15, 0.2) is 6.07 Å². The van der Waals surface area contributed by atoms with Crippen LogP contribution in [0.1, 0.15) is 49.3 Å². The summed E-state index contributed by atoms with van der Waals surface area (Å²) in [6, 6.07) is 0.923. The molecule has 1 aromatic carbocycles. The zero-order chi connectivity index (χ0) is 19.1. The molecule has 2 atom stereocenters. The molecule has 1 aromatic rings. The molecule has 0 amide bonds. The second kappa shape index (κ2) is 6.96. The molecule has 6 nitrogen and oxygen atoms in total. The molecule has 1 fully saturated rings. The normalized spacial score (nSPS) is 23.7. The van der Waals surface area contributed by atoms with Gasteiger partial charge < -0.3 is 25.4 Å². The number of alkyl halides is 3. The third-order valence-electron chi connectivity index (χ3n) is 5.02. The standard InChI is InChI=1S/C17H20F3NO5/c18-17(19,20)16(25)26-12-7-10-9(14(23)15(12)24)5-6-11(13(10)22)21-8-3-1-2-4-8/h7-8,11,13,21-24H,1-6H2/t11-,13-/m1/s1. The highest BCUT2D eigenvalue weighted by atomic mass is 19.4. The number of halogens is 3. The fraction of sp³-hybridized carbons (Fsp3) is 0.588. The second-order valence-corrected chi connectivity index (χ2v) is 6.77. The summed E-state index contributed by atoms with van der Waals surface area (Å²) < 4.78 is 41.4. The van der Waals surface area contributed by atoms with Crippen LogP contribution in [0.3, 0.4) is 0 Å². The van der Waals surface area contributed by atoms with Gasteiger partial charge in [-0.1, -0.05) is 12.8 Å². The molecule has 0 bridgehead atoms. The third-order valence-corrected chi connectivity index (χ3v) is 5.02. The van der Waals surface area contributed by atoms with Crippen molar-refractivity contribution >= 4 is 5.97 Å². The Morgan fingerprint density at radius 1 is 1.15 bits per heavy atom. The van der Waals surface area contributed by atoms with Crippen LogP contribution in [0.2, 0.25) is 0 Å². The fourth-order valence-corrected chi connectivity index (χ4v) is 3.70. The van der Waals surface area contributed by atoms with E-state index < -0.39 is 35.5 Å². The molecule has 0 spiro atoms. The predicted molar refractivity (Wildman–Crippen MR) is 83.9 cm³/mol. The summed E-state index contributed by atoms with van der Waals surface area (Å²) in [7, 11) is 0. The molecule has 0 saturated heterocycles. The molecule has 0 heterocycles. The molecule has 0 aromatic heterocycles. The van der Waals surface area contributed by atoms with E-state index in [-0.39, 0.29) is 23.2 Å². The monoisotopic (exact) mass is 375 g/mol. The Bertz CT molecular complexity index is 701. The number of fused-ring (bicyclic) bond motifs is 1. The zero-order valence-electron chi connectivity index (χ0n) is 13.8. The van der Waals surface area contributed by atoms with Crippen LogP contribution in [0.4, 0.5) is 13.2 Å². The van der Waals surface area contributed by atoms with Gasteiger partial charge in [0.15, 0.2) is 11.5 Å². The van der Waals surface area contributed by atoms with E-state index in [2.05, 4.69) is 10.1 Å². The predicted octanol–water partition coefficient (Wildman–Crippen LogP) is 2.45. The third kappa shape index (κ3) is 3.59. The van der Waals surface area contributed by atoms with Gasteiger partial charge in [-0.15, -0.1) is 0 Å². The van der Waals surface area contributed by atoms with E-state index >= 15 is 0 Å². The summed E-state index contributed by atoms with van der Waals surface area (Å²) in [5.41, 5.74) is 0.387. The molecular formula is C17H20F3NO5. The van der Waals surface area contributed by atoms with Crippen molar-refractivity contribution in [2.75, 3.05) is 0 Å². The Morgan fingerprint density at radius 3 is 2.42 bits per heavy atom. The Balaban J connectivity index is 1.86. The molecule has 3 rings (SSSR count). The lowest BCUT2D eigenvalue weighted by Crippen LogP contribution is -2.43. The number of aliphatic hydroxyl groups is 1. The smallest absolute Gasteiger partial charge is 0.491 e. The van der Waals surface area contributed by atoms with E-state index in [1.165, 1.54) is 0 Å². The first kappa shape index (κ1) is 18.8. The van der Waals surface area contributed by atoms with Crippen molar-refractivity contribution in [3.8, 4) is 17.2 Å².